The van der Waals surface area contributed by atoms with Gasteiger partial charge in [0.05, 0.1) is 29.1 Å². The second-order valence-corrected chi connectivity index (χ2v) is 7.50. The third-order valence-electron chi connectivity index (χ3n) is 4.04. The smallest absolute Gasteiger partial charge is 0.234 e. The number of nitrogen functional groups attached to an aromatic ring is 1. The number of benzene rings is 2. The number of rotatable bonds is 6. The predicted octanol–water partition coefficient (Wildman–Crippen LogP) is 3.67. The molecule has 0 atom stereocenters. The molecule has 9 heteroatoms. The number of carbonyl (C=O) groups excluding carboxylic acids is 1. The molecular formula is C19H20ClN5O2S. The first-order valence-electron chi connectivity index (χ1n) is 8.44. The lowest BCUT2D eigenvalue weighted by Crippen LogP contribution is -2.17. The lowest BCUT2D eigenvalue weighted by Gasteiger charge is -2.11. The van der Waals surface area contributed by atoms with Gasteiger partial charge in [0.2, 0.25) is 11.1 Å². The van der Waals surface area contributed by atoms with E-state index in [0.29, 0.717) is 27.4 Å². The molecule has 146 valence electrons. The molecule has 0 aliphatic rings. The van der Waals surface area contributed by atoms with Gasteiger partial charge in [-0.25, -0.2) is 4.68 Å². The van der Waals surface area contributed by atoms with Gasteiger partial charge in [-0.15, -0.1) is 10.2 Å². The quantitative estimate of drug-likeness (QED) is 0.469. The maximum atomic E-state index is 12.4. The molecule has 0 spiro atoms. The van der Waals surface area contributed by atoms with E-state index >= 15 is 0 Å². The summed E-state index contributed by atoms with van der Waals surface area (Å²) in [6.07, 6.45) is 0. The van der Waals surface area contributed by atoms with Gasteiger partial charge in [0.15, 0.2) is 5.82 Å². The topological polar surface area (TPSA) is 95.1 Å². The van der Waals surface area contributed by atoms with Crippen LogP contribution in [0.4, 0.5) is 5.69 Å². The van der Waals surface area contributed by atoms with Crippen molar-refractivity contribution < 1.29 is 9.53 Å². The van der Waals surface area contributed by atoms with Crippen molar-refractivity contribution in [2.24, 2.45) is 0 Å². The fourth-order valence-electron chi connectivity index (χ4n) is 2.77. The predicted molar refractivity (Wildman–Crippen MR) is 112 cm³/mol. The highest BCUT2D eigenvalue weighted by molar-refractivity contribution is 7.99. The highest BCUT2D eigenvalue weighted by Gasteiger charge is 2.17. The van der Waals surface area contributed by atoms with E-state index < -0.39 is 0 Å². The van der Waals surface area contributed by atoms with E-state index in [0.717, 1.165) is 16.7 Å². The number of para-hydroxylation sites is 1. The first-order valence-corrected chi connectivity index (χ1v) is 9.80. The number of thioether (sulfide) groups is 1. The van der Waals surface area contributed by atoms with Gasteiger partial charge >= 0.3 is 0 Å². The molecule has 1 heterocycles. The molecule has 7 nitrogen and oxygen atoms in total. The monoisotopic (exact) mass is 417 g/mol. The third-order valence-corrected chi connectivity index (χ3v) is 5.28. The van der Waals surface area contributed by atoms with Gasteiger partial charge in [0.1, 0.15) is 5.75 Å². The number of amides is 1. The van der Waals surface area contributed by atoms with Crippen LogP contribution in [0.5, 0.6) is 5.75 Å². The van der Waals surface area contributed by atoms with Gasteiger partial charge in [-0.05, 0) is 43.2 Å². The Bertz CT molecular complexity index is 998. The molecule has 0 fully saturated rings. The van der Waals surface area contributed by atoms with Crippen LogP contribution in [0.15, 0.2) is 41.6 Å². The molecule has 1 aromatic heterocycles. The summed E-state index contributed by atoms with van der Waals surface area (Å²) in [7, 11) is 1.58. The average Bonchev–Trinajstić information content (AvgIpc) is 3.03. The van der Waals surface area contributed by atoms with Gasteiger partial charge in [-0.2, -0.15) is 0 Å². The SMILES string of the molecule is COc1ccccc1-c1nnc(SCC(=O)Nc2c(C)cc(C)cc2Cl)n1N. The number of carbonyl (C=O) groups is 1. The number of methoxy groups -OCH3 is 1. The van der Waals surface area contributed by atoms with Crippen molar-refractivity contribution in [1.29, 1.82) is 0 Å². The Balaban J connectivity index is 1.71. The Morgan fingerprint density at radius 3 is 2.75 bits per heavy atom. The fourth-order valence-corrected chi connectivity index (χ4v) is 3.79. The van der Waals surface area contributed by atoms with Crippen LogP contribution in [0.2, 0.25) is 5.02 Å². The van der Waals surface area contributed by atoms with Crippen LogP contribution in [-0.2, 0) is 4.79 Å². The molecule has 0 bridgehead atoms. The van der Waals surface area contributed by atoms with E-state index in [1.54, 1.807) is 7.11 Å². The molecule has 0 unspecified atom stereocenters. The minimum Gasteiger partial charge on any atom is -0.496 e. The summed E-state index contributed by atoms with van der Waals surface area (Å²) in [5, 5.41) is 12.0. The number of nitrogens with zero attached hydrogens (tertiary/aromatic N) is 3. The maximum Gasteiger partial charge on any atom is 0.234 e. The van der Waals surface area contributed by atoms with E-state index in [1.807, 2.05) is 50.2 Å². The Morgan fingerprint density at radius 1 is 1.29 bits per heavy atom. The van der Waals surface area contributed by atoms with Crippen molar-refractivity contribution in [3.05, 3.63) is 52.5 Å². The van der Waals surface area contributed by atoms with Crippen molar-refractivity contribution >= 4 is 35.0 Å². The summed E-state index contributed by atoms with van der Waals surface area (Å²) >= 11 is 7.43. The molecule has 0 aliphatic heterocycles. The Hall–Kier alpha value is -2.71. The summed E-state index contributed by atoms with van der Waals surface area (Å²) in [6, 6.07) is 11.2. The summed E-state index contributed by atoms with van der Waals surface area (Å²) < 4.78 is 6.69. The minimum absolute atomic E-state index is 0.116. The van der Waals surface area contributed by atoms with Crippen LogP contribution in [0.25, 0.3) is 11.4 Å². The number of aryl methyl sites for hydroxylation is 2. The molecule has 3 N–H and O–H groups in total. The summed E-state index contributed by atoms with van der Waals surface area (Å²) in [5.74, 6) is 7.13. The number of halogens is 1. The van der Waals surface area contributed by atoms with E-state index in [9.17, 15) is 4.79 Å². The molecule has 2 aromatic carbocycles. The van der Waals surface area contributed by atoms with Crippen molar-refractivity contribution in [2.75, 3.05) is 24.0 Å². The lowest BCUT2D eigenvalue weighted by atomic mass is 10.1. The highest BCUT2D eigenvalue weighted by Crippen LogP contribution is 2.30. The van der Waals surface area contributed by atoms with Crippen LogP contribution < -0.4 is 15.9 Å². The average molecular weight is 418 g/mol. The second kappa shape index (κ2) is 8.53. The van der Waals surface area contributed by atoms with Crippen molar-refractivity contribution in [2.45, 2.75) is 19.0 Å². The van der Waals surface area contributed by atoms with E-state index in [1.165, 1.54) is 16.4 Å². The number of nitrogens with two attached hydrogens (primary N) is 1. The molecule has 28 heavy (non-hydrogen) atoms. The number of ether oxygens (including phenoxy) is 1. The minimum atomic E-state index is -0.208. The first kappa shape index (κ1) is 20.0. The van der Waals surface area contributed by atoms with Crippen LogP contribution in [0.1, 0.15) is 11.1 Å². The molecule has 3 aromatic rings. The molecule has 0 saturated heterocycles. The van der Waals surface area contributed by atoms with Crippen LogP contribution in [0.3, 0.4) is 0 Å². The van der Waals surface area contributed by atoms with Crippen molar-refractivity contribution in [3.63, 3.8) is 0 Å². The maximum absolute atomic E-state index is 12.4. The molecule has 1 amide bonds. The zero-order valence-electron chi connectivity index (χ0n) is 15.7. The molecular weight excluding hydrogens is 398 g/mol. The first-order chi connectivity index (χ1) is 13.4. The van der Waals surface area contributed by atoms with Crippen molar-refractivity contribution in [1.82, 2.24) is 14.9 Å². The Kier molecular flexibility index (Phi) is 6.11. The van der Waals surface area contributed by atoms with Crippen LogP contribution in [0, 0.1) is 13.8 Å². The Morgan fingerprint density at radius 2 is 2.04 bits per heavy atom. The van der Waals surface area contributed by atoms with Crippen LogP contribution >= 0.6 is 23.4 Å². The zero-order valence-corrected chi connectivity index (χ0v) is 17.3. The second-order valence-electron chi connectivity index (χ2n) is 6.15. The molecule has 0 saturated carbocycles. The number of hydrogen-bond donors (Lipinski definition) is 2. The standard InChI is InChI=1S/C19H20ClN5O2S/c1-11-8-12(2)17(14(20)9-11)22-16(26)10-28-19-24-23-18(25(19)21)13-6-4-5-7-15(13)27-3/h4-9H,10,21H2,1-3H3,(H,22,26). The van der Waals surface area contributed by atoms with Gasteiger partial charge in [-0.3, -0.25) is 4.79 Å². The van der Waals surface area contributed by atoms with E-state index in [-0.39, 0.29) is 11.7 Å². The number of nitrogens with one attached hydrogen (secondary N) is 1. The van der Waals surface area contributed by atoms with Gasteiger partial charge in [0, 0.05) is 0 Å². The normalized spacial score (nSPS) is 10.7. The van der Waals surface area contributed by atoms with Gasteiger partial charge in [0.25, 0.3) is 0 Å². The number of anilines is 1. The molecule has 3 rings (SSSR count). The third kappa shape index (κ3) is 4.23. The summed E-state index contributed by atoms with van der Waals surface area (Å²) in [4.78, 5) is 12.4. The molecule has 0 aliphatic carbocycles. The van der Waals surface area contributed by atoms with E-state index in [2.05, 4.69) is 15.5 Å². The van der Waals surface area contributed by atoms with Gasteiger partial charge in [-0.1, -0.05) is 41.6 Å². The number of aromatic nitrogens is 3. The van der Waals surface area contributed by atoms with Gasteiger partial charge < -0.3 is 15.9 Å². The van der Waals surface area contributed by atoms with Crippen LogP contribution in [-0.4, -0.2) is 33.6 Å². The largest absolute Gasteiger partial charge is 0.496 e. The van der Waals surface area contributed by atoms with E-state index in [4.69, 9.17) is 22.2 Å². The van der Waals surface area contributed by atoms with Crippen molar-refractivity contribution in [3.8, 4) is 17.1 Å². The fraction of sp³-hybridized carbons (Fsp3) is 0.211. The zero-order chi connectivity index (χ0) is 20.3. The highest BCUT2D eigenvalue weighted by atomic mass is 35.5. The Labute approximate surface area is 172 Å². The lowest BCUT2D eigenvalue weighted by molar-refractivity contribution is -0.113. The number of hydrogen-bond acceptors (Lipinski definition) is 6. The summed E-state index contributed by atoms with van der Waals surface area (Å²) in [5.41, 5.74) is 3.28. The summed E-state index contributed by atoms with van der Waals surface area (Å²) in [6.45, 7) is 3.85. The molecule has 0 radical (unpaired) electrons.